The third-order valence-electron chi connectivity index (χ3n) is 4.54. The van der Waals surface area contributed by atoms with Crippen LogP contribution in [0.2, 0.25) is 0 Å². The van der Waals surface area contributed by atoms with Crippen LogP contribution >= 0.6 is 0 Å². The van der Waals surface area contributed by atoms with E-state index >= 15 is 0 Å². The monoisotopic (exact) mass is 395 g/mol. The number of nitrogens with zero attached hydrogens (tertiary/aromatic N) is 3. The van der Waals surface area contributed by atoms with Crippen molar-refractivity contribution in [2.75, 3.05) is 29.9 Å². The van der Waals surface area contributed by atoms with Crippen LogP contribution in [0.25, 0.3) is 0 Å². The van der Waals surface area contributed by atoms with Crippen molar-refractivity contribution in [3.63, 3.8) is 0 Å². The highest BCUT2D eigenvalue weighted by molar-refractivity contribution is 5.37. The van der Waals surface area contributed by atoms with Crippen molar-refractivity contribution < 1.29 is 4.39 Å². The fourth-order valence-corrected chi connectivity index (χ4v) is 3.09. The predicted molar refractivity (Wildman–Crippen MR) is 114 cm³/mol. The maximum Gasteiger partial charge on any atom is 0.255 e. The summed E-state index contributed by atoms with van der Waals surface area (Å²) in [5.41, 5.74) is 1.23. The summed E-state index contributed by atoms with van der Waals surface area (Å²) in [5, 5.41) is 3.17. The molecule has 0 radical (unpaired) electrons. The minimum atomic E-state index is -0.291. The van der Waals surface area contributed by atoms with Gasteiger partial charge in [-0.2, -0.15) is 0 Å². The Balaban J connectivity index is 1.51. The Bertz CT molecular complexity index is 943. The number of aromatic amines is 1. The molecule has 0 bridgehead atoms. The van der Waals surface area contributed by atoms with Gasteiger partial charge in [0, 0.05) is 44.0 Å². The summed E-state index contributed by atoms with van der Waals surface area (Å²) in [6.45, 7) is 4.65. The Kier molecular flexibility index (Phi) is 7.33. The molecule has 0 aliphatic rings. The number of aromatic nitrogens is 3. The van der Waals surface area contributed by atoms with Crippen LogP contribution in [0.4, 0.5) is 16.2 Å². The average Bonchev–Trinajstić information content (AvgIpc) is 2.74. The van der Waals surface area contributed by atoms with Gasteiger partial charge in [0.1, 0.15) is 11.6 Å². The summed E-state index contributed by atoms with van der Waals surface area (Å²) < 4.78 is 13.0. The maximum atomic E-state index is 13.0. The van der Waals surface area contributed by atoms with Gasteiger partial charge in [0.2, 0.25) is 5.95 Å². The molecule has 2 aromatic heterocycles. The Morgan fingerprint density at radius 2 is 1.93 bits per heavy atom. The van der Waals surface area contributed by atoms with Gasteiger partial charge in [-0.05, 0) is 42.7 Å². The molecule has 6 nitrogen and oxygen atoms in total. The molecule has 2 heterocycles. The predicted octanol–water partition coefficient (Wildman–Crippen LogP) is 3.61. The van der Waals surface area contributed by atoms with Crippen LogP contribution in [0.15, 0.2) is 59.7 Å². The number of hydrogen-bond donors (Lipinski definition) is 2. The molecule has 0 spiro atoms. The summed E-state index contributed by atoms with van der Waals surface area (Å²) in [6, 6.07) is 12.0. The topological polar surface area (TPSA) is 73.9 Å². The SMILES string of the molecule is CCCN(CCCNc1ncc(Cc2ccc(F)cc2)c(=O)[nH]1)c1ccccn1. The van der Waals surface area contributed by atoms with Crippen molar-refractivity contribution in [3.05, 3.63) is 82.2 Å². The number of halogens is 1. The van der Waals surface area contributed by atoms with Crippen molar-refractivity contribution in [2.45, 2.75) is 26.2 Å². The van der Waals surface area contributed by atoms with Crippen LogP contribution < -0.4 is 15.8 Å². The molecule has 3 rings (SSSR count). The maximum absolute atomic E-state index is 13.0. The third-order valence-corrected chi connectivity index (χ3v) is 4.54. The van der Waals surface area contributed by atoms with E-state index in [-0.39, 0.29) is 11.4 Å². The molecule has 3 aromatic rings. The molecule has 0 atom stereocenters. The number of hydrogen-bond acceptors (Lipinski definition) is 5. The van der Waals surface area contributed by atoms with Gasteiger partial charge in [0.25, 0.3) is 5.56 Å². The smallest absolute Gasteiger partial charge is 0.255 e. The molecule has 2 N–H and O–H groups in total. The van der Waals surface area contributed by atoms with Gasteiger partial charge in [-0.3, -0.25) is 9.78 Å². The Morgan fingerprint density at radius 3 is 2.62 bits per heavy atom. The van der Waals surface area contributed by atoms with E-state index in [1.165, 1.54) is 12.1 Å². The lowest BCUT2D eigenvalue weighted by atomic mass is 10.1. The second kappa shape index (κ2) is 10.4. The molecular formula is C22H26FN5O. The van der Waals surface area contributed by atoms with Gasteiger partial charge in [0.15, 0.2) is 0 Å². The molecule has 29 heavy (non-hydrogen) atoms. The zero-order valence-electron chi connectivity index (χ0n) is 16.6. The van der Waals surface area contributed by atoms with Crippen LogP contribution in [0.3, 0.4) is 0 Å². The number of nitrogens with one attached hydrogen (secondary N) is 2. The van der Waals surface area contributed by atoms with Crippen LogP contribution in [0.1, 0.15) is 30.9 Å². The lowest BCUT2D eigenvalue weighted by Gasteiger charge is -2.23. The Hall–Kier alpha value is -3.22. The highest BCUT2D eigenvalue weighted by Gasteiger charge is 2.07. The number of anilines is 2. The molecule has 0 amide bonds. The summed E-state index contributed by atoms with van der Waals surface area (Å²) >= 11 is 0. The molecule has 0 aliphatic heterocycles. The van der Waals surface area contributed by atoms with Crippen molar-refractivity contribution in [3.8, 4) is 0 Å². The van der Waals surface area contributed by atoms with E-state index in [9.17, 15) is 9.18 Å². The molecule has 152 valence electrons. The lowest BCUT2D eigenvalue weighted by Crippen LogP contribution is -2.27. The van der Waals surface area contributed by atoms with Gasteiger partial charge in [-0.1, -0.05) is 25.1 Å². The lowest BCUT2D eigenvalue weighted by molar-refractivity contribution is 0.627. The average molecular weight is 395 g/mol. The number of pyridine rings is 1. The van der Waals surface area contributed by atoms with Crippen molar-refractivity contribution in [1.82, 2.24) is 15.0 Å². The molecule has 0 fully saturated rings. The number of H-pyrrole nitrogens is 1. The molecule has 7 heteroatoms. The molecule has 0 saturated heterocycles. The minimum absolute atomic E-state index is 0.187. The largest absolute Gasteiger partial charge is 0.357 e. The van der Waals surface area contributed by atoms with Crippen molar-refractivity contribution in [1.29, 1.82) is 0 Å². The van der Waals surface area contributed by atoms with E-state index < -0.39 is 0 Å². The Labute approximate surface area is 169 Å². The first-order chi connectivity index (χ1) is 14.2. The van der Waals surface area contributed by atoms with Crippen molar-refractivity contribution in [2.24, 2.45) is 0 Å². The molecular weight excluding hydrogens is 369 g/mol. The summed E-state index contributed by atoms with van der Waals surface area (Å²) in [5.74, 6) is 1.14. The van der Waals surface area contributed by atoms with Gasteiger partial charge in [0.05, 0.1) is 0 Å². The van der Waals surface area contributed by atoms with Crippen LogP contribution in [0, 0.1) is 5.82 Å². The highest BCUT2D eigenvalue weighted by Crippen LogP contribution is 2.11. The molecule has 1 aromatic carbocycles. The molecule has 0 unspecified atom stereocenters. The van der Waals surface area contributed by atoms with Crippen molar-refractivity contribution >= 4 is 11.8 Å². The zero-order valence-corrected chi connectivity index (χ0v) is 16.6. The second-order valence-corrected chi connectivity index (χ2v) is 6.84. The summed E-state index contributed by atoms with van der Waals surface area (Å²) in [6.07, 6.45) is 5.73. The van der Waals surface area contributed by atoms with Gasteiger partial charge in [-0.15, -0.1) is 0 Å². The standard InChI is InChI=1S/C22H26FN5O/c1-2-13-28(20-6-3-4-11-24-20)14-5-12-25-22-26-16-18(21(29)27-22)15-17-7-9-19(23)10-8-17/h3-4,6-11,16H,2,5,12-15H2,1H3,(H2,25,26,27,29). The van der Waals surface area contributed by atoms with E-state index in [1.54, 1.807) is 24.5 Å². The van der Waals surface area contributed by atoms with Gasteiger partial charge < -0.3 is 10.2 Å². The fraction of sp³-hybridized carbons (Fsp3) is 0.318. The van der Waals surface area contributed by atoms with E-state index in [2.05, 4.69) is 32.1 Å². The quantitative estimate of drug-likeness (QED) is 0.513. The first-order valence-electron chi connectivity index (χ1n) is 9.88. The van der Waals surface area contributed by atoms with Crippen LogP contribution in [-0.4, -0.2) is 34.6 Å². The first kappa shape index (κ1) is 20.5. The van der Waals surface area contributed by atoms with Gasteiger partial charge in [-0.25, -0.2) is 14.4 Å². The summed E-state index contributed by atoms with van der Waals surface area (Å²) in [4.78, 5) is 26.0. The van der Waals surface area contributed by atoms with E-state index in [4.69, 9.17) is 0 Å². The van der Waals surface area contributed by atoms with Crippen LogP contribution in [-0.2, 0) is 6.42 Å². The third kappa shape index (κ3) is 6.14. The highest BCUT2D eigenvalue weighted by atomic mass is 19.1. The normalized spacial score (nSPS) is 10.7. The second-order valence-electron chi connectivity index (χ2n) is 6.84. The summed E-state index contributed by atoms with van der Waals surface area (Å²) in [7, 11) is 0. The number of rotatable bonds is 10. The fourth-order valence-electron chi connectivity index (χ4n) is 3.09. The molecule has 0 aliphatic carbocycles. The van der Waals surface area contributed by atoms with Gasteiger partial charge >= 0.3 is 0 Å². The van der Waals surface area contributed by atoms with E-state index in [1.807, 2.05) is 18.2 Å². The van der Waals surface area contributed by atoms with E-state index in [0.717, 1.165) is 37.3 Å². The minimum Gasteiger partial charge on any atom is -0.357 e. The molecule has 0 saturated carbocycles. The Morgan fingerprint density at radius 1 is 1.10 bits per heavy atom. The number of benzene rings is 1. The van der Waals surface area contributed by atoms with E-state index in [0.29, 0.717) is 24.5 Å². The van der Waals surface area contributed by atoms with Crippen LogP contribution in [0.5, 0.6) is 0 Å². The zero-order chi connectivity index (χ0) is 20.5. The first-order valence-corrected chi connectivity index (χ1v) is 9.88.